The van der Waals surface area contributed by atoms with Crippen LogP contribution < -0.4 is 9.16 Å². The van der Waals surface area contributed by atoms with Crippen molar-refractivity contribution in [1.29, 1.82) is 0 Å². The number of methoxy groups -OCH3 is 1. The van der Waals surface area contributed by atoms with E-state index in [-0.39, 0.29) is 5.04 Å². The van der Waals surface area contributed by atoms with Crippen LogP contribution in [-0.4, -0.2) is 30.9 Å². The lowest BCUT2D eigenvalue weighted by Gasteiger charge is -2.37. The molecule has 10 heteroatoms. The summed E-state index contributed by atoms with van der Waals surface area (Å²) in [6, 6.07) is 13.4. The Balaban J connectivity index is 1.68. The molecule has 1 unspecified atom stereocenters. The number of ether oxygens (including phenoxy) is 2. The number of fused-ring (bicyclic) bond motifs is 1. The predicted molar refractivity (Wildman–Crippen MR) is 156 cm³/mol. The van der Waals surface area contributed by atoms with Crippen molar-refractivity contribution in [3.63, 3.8) is 0 Å². The lowest BCUT2D eigenvalue weighted by molar-refractivity contribution is 0.0600. The second kappa shape index (κ2) is 10.4. The van der Waals surface area contributed by atoms with Gasteiger partial charge in [0.25, 0.3) is 8.32 Å². The molecule has 0 radical (unpaired) electrons. The van der Waals surface area contributed by atoms with Crippen LogP contribution >= 0.6 is 38.9 Å². The first kappa shape index (κ1) is 27.7. The summed E-state index contributed by atoms with van der Waals surface area (Å²) in [5.41, 5.74) is 2.53. The fourth-order valence-electron chi connectivity index (χ4n) is 3.56. The number of benzene rings is 2. The molecule has 0 saturated carbocycles. The van der Waals surface area contributed by atoms with Crippen LogP contribution in [0, 0.1) is 0 Å². The standard InChI is InChI=1S/C27H30BrClN2O4SSi/c1-16(18-9-8-10-21(24(18)29)35-37(6,7)27(2,3)4)34-22-14-23(36-25(22)26(32)33-5)31-15-30-19-12-11-17(28)13-20(19)31/h8-16H,1-7H3. The van der Waals surface area contributed by atoms with Crippen molar-refractivity contribution < 1.29 is 18.7 Å². The maximum atomic E-state index is 12.7. The first-order valence-electron chi connectivity index (χ1n) is 11.8. The van der Waals surface area contributed by atoms with Crippen molar-refractivity contribution in [2.75, 3.05) is 7.11 Å². The molecule has 196 valence electrons. The van der Waals surface area contributed by atoms with Crippen molar-refractivity contribution >= 4 is 64.2 Å². The van der Waals surface area contributed by atoms with Crippen LogP contribution in [-0.2, 0) is 4.74 Å². The minimum atomic E-state index is -2.09. The van der Waals surface area contributed by atoms with Crippen molar-refractivity contribution in [3.05, 3.63) is 68.7 Å². The molecule has 2 aromatic heterocycles. The topological polar surface area (TPSA) is 62.6 Å². The zero-order valence-electron chi connectivity index (χ0n) is 21.9. The van der Waals surface area contributed by atoms with Crippen LogP contribution in [0.25, 0.3) is 16.0 Å². The number of imidazole rings is 1. The highest BCUT2D eigenvalue weighted by Gasteiger charge is 2.39. The highest BCUT2D eigenvalue weighted by molar-refractivity contribution is 9.10. The second-order valence-electron chi connectivity index (χ2n) is 10.3. The number of thiophene rings is 1. The first-order valence-corrected chi connectivity index (χ1v) is 16.7. The number of hydrogen-bond donors (Lipinski definition) is 0. The maximum Gasteiger partial charge on any atom is 0.351 e. The smallest absolute Gasteiger partial charge is 0.351 e. The van der Waals surface area contributed by atoms with Crippen LogP contribution in [0.3, 0.4) is 0 Å². The lowest BCUT2D eigenvalue weighted by Crippen LogP contribution is -2.44. The normalized spacial score (nSPS) is 13.0. The van der Waals surface area contributed by atoms with Gasteiger partial charge < -0.3 is 13.9 Å². The van der Waals surface area contributed by atoms with Crippen molar-refractivity contribution in [3.8, 4) is 16.5 Å². The number of esters is 1. The van der Waals surface area contributed by atoms with Crippen molar-refractivity contribution in [2.24, 2.45) is 0 Å². The molecular formula is C27H30BrClN2O4SSi. The molecule has 0 amide bonds. The minimum absolute atomic E-state index is 0.0318. The van der Waals surface area contributed by atoms with Crippen LogP contribution in [0.5, 0.6) is 11.5 Å². The molecular weight excluding hydrogens is 592 g/mol. The Morgan fingerprint density at radius 1 is 1.16 bits per heavy atom. The zero-order valence-corrected chi connectivity index (χ0v) is 26.0. The number of rotatable bonds is 7. The van der Waals surface area contributed by atoms with Crippen molar-refractivity contribution in [1.82, 2.24) is 9.55 Å². The Labute approximate surface area is 235 Å². The summed E-state index contributed by atoms with van der Waals surface area (Å²) in [7, 11) is -0.730. The Hall–Kier alpha value is -2.33. The van der Waals surface area contributed by atoms with Gasteiger partial charge in [-0.2, -0.15) is 0 Å². The van der Waals surface area contributed by atoms with E-state index in [2.05, 4.69) is 54.8 Å². The minimum Gasteiger partial charge on any atom is -0.542 e. The van der Waals surface area contributed by atoms with Gasteiger partial charge >= 0.3 is 5.97 Å². The first-order chi connectivity index (χ1) is 17.3. The van der Waals surface area contributed by atoms with Crippen LogP contribution in [0.4, 0.5) is 0 Å². The van der Waals surface area contributed by atoms with E-state index in [1.54, 1.807) is 6.33 Å². The third-order valence-corrected chi connectivity index (χ3v) is 13.0. The molecule has 2 heterocycles. The average Bonchev–Trinajstić information content (AvgIpc) is 3.42. The molecule has 4 aromatic rings. The Morgan fingerprint density at radius 3 is 2.57 bits per heavy atom. The van der Waals surface area contributed by atoms with E-state index in [9.17, 15) is 4.79 Å². The van der Waals surface area contributed by atoms with E-state index in [4.69, 9.17) is 25.5 Å². The number of nitrogens with zero attached hydrogens (tertiary/aromatic N) is 2. The van der Waals surface area contributed by atoms with E-state index in [1.165, 1.54) is 18.4 Å². The molecule has 0 N–H and O–H groups in total. The number of carbonyl (C=O) groups is 1. The van der Waals surface area contributed by atoms with Crippen LogP contribution in [0.1, 0.15) is 49.0 Å². The van der Waals surface area contributed by atoms with Crippen LogP contribution in [0.2, 0.25) is 23.2 Å². The van der Waals surface area contributed by atoms with Gasteiger partial charge in [0.2, 0.25) is 0 Å². The summed E-state index contributed by atoms with van der Waals surface area (Å²) >= 11 is 11.6. The monoisotopic (exact) mass is 620 g/mol. The van der Waals surface area contributed by atoms with Gasteiger partial charge in [0.15, 0.2) is 4.88 Å². The second-order valence-corrected chi connectivity index (χ2v) is 17.3. The summed E-state index contributed by atoms with van der Waals surface area (Å²) in [4.78, 5) is 17.5. The fraction of sp³-hybridized carbons (Fsp3) is 0.333. The van der Waals surface area contributed by atoms with Gasteiger partial charge in [-0.05, 0) is 49.3 Å². The number of hydrogen-bond acceptors (Lipinski definition) is 6. The molecule has 0 bridgehead atoms. The largest absolute Gasteiger partial charge is 0.542 e. The summed E-state index contributed by atoms with van der Waals surface area (Å²) in [5.74, 6) is 0.601. The van der Waals surface area contributed by atoms with E-state index in [0.717, 1.165) is 26.1 Å². The molecule has 0 aliphatic rings. The molecule has 1 atom stereocenters. The molecule has 2 aromatic carbocycles. The Morgan fingerprint density at radius 2 is 1.89 bits per heavy atom. The van der Waals surface area contributed by atoms with Gasteiger partial charge in [0.05, 0.1) is 23.2 Å². The van der Waals surface area contributed by atoms with E-state index in [1.807, 2.05) is 54.0 Å². The highest BCUT2D eigenvalue weighted by atomic mass is 79.9. The average molecular weight is 622 g/mol. The third-order valence-electron chi connectivity index (χ3n) is 6.71. The zero-order chi connectivity index (χ0) is 27.1. The summed E-state index contributed by atoms with van der Waals surface area (Å²) in [5, 5.41) is 1.33. The molecule has 6 nitrogen and oxygen atoms in total. The van der Waals surface area contributed by atoms with Gasteiger partial charge in [0.1, 0.15) is 28.9 Å². The predicted octanol–water partition coefficient (Wildman–Crippen LogP) is 8.81. The summed E-state index contributed by atoms with van der Waals surface area (Å²) in [6.07, 6.45) is 1.28. The molecule has 0 saturated heterocycles. The fourth-order valence-corrected chi connectivity index (χ4v) is 6.31. The van der Waals surface area contributed by atoms with Crippen LogP contribution in [0.15, 0.2) is 53.3 Å². The number of halogens is 2. The van der Waals surface area contributed by atoms with Gasteiger partial charge in [0, 0.05) is 16.1 Å². The molecule has 0 fully saturated rings. The Kier molecular flexibility index (Phi) is 7.81. The number of carbonyl (C=O) groups excluding carboxylic acids is 1. The van der Waals surface area contributed by atoms with Crippen molar-refractivity contribution in [2.45, 2.75) is 51.9 Å². The quantitative estimate of drug-likeness (QED) is 0.152. The molecule has 4 rings (SSSR count). The molecule has 0 aliphatic carbocycles. The number of aromatic nitrogens is 2. The third kappa shape index (κ3) is 5.60. The van der Waals surface area contributed by atoms with Gasteiger partial charge in [-0.3, -0.25) is 4.57 Å². The summed E-state index contributed by atoms with van der Waals surface area (Å²) < 4.78 is 20.7. The summed E-state index contributed by atoms with van der Waals surface area (Å²) in [6.45, 7) is 12.8. The van der Waals surface area contributed by atoms with E-state index < -0.39 is 20.4 Å². The van der Waals surface area contributed by atoms with Gasteiger partial charge in [-0.15, -0.1) is 11.3 Å². The van der Waals surface area contributed by atoms with Gasteiger partial charge in [-0.25, -0.2) is 9.78 Å². The van der Waals surface area contributed by atoms with Gasteiger partial charge in [-0.1, -0.05) is 60.4 Å². The Bertz CT molecular complexity index is 1460. The SMILES string of the molecule is COC(=O)c1sc(-n2cnc3ccc(Br)cc32)cc1OC(C)c1cccc(O[Si](C)(C)C(C)(C)C)c1Cl. The van der Waals surface area contributed by atoms with E-state index in [0.29, 0.717) is 21.4 Å². The molecule has 0 spiro atoms. The van der Waals surface area contributed by atoms with E-state index >= 15 is 0 Å². The maximum absolute atomic E-state index is 12.7. The molecule has 37 heavy (non-hydrogen) atoms. The highest BCUT2D eigenvalue weighted by Crippen LogP contribution is 2.42. The lowest BCUT2D eigenvalue weighted by atomic mass is 10.1. The molecule has 0 aliphatic heterocycles.